The van der Waals surface area contributed by atoms with E-state index in [-0.39, 0.29) is 24.3 Å². The molecule has 1 fully saturated rings. The van der Waals surface area contributed by atoms with Crippen molar-refractivity contribution in [3.63, 3.8) is 0 Å². The molecule has 0 unspecified atom stereocenters. The van der Waals surface area contributed by atoms with Crippen molar-refractivity contribution in [3.05, 3.63) is 29.8 Å². The molecule has 1 amide bonds. The van der Waals surface area contributed by atoms with E-state index in [0.717, 1.165) is 30.8 Å². The number of ether oxygens (including phenoxy) is 1. The molecule has 2 rings (SSSR count). The number of esters is 1. The third kappa shape index (κ3) is 7.32. The molecule has 1 saturated heterocycles. The van der Waals surface area contributed by atoms with Crippen LogP contribution >= 0.6 is 12.4 Å². The number of rotatable bonds is 7. The van der Waals surface area contributed by atoms with E-state index in [9.17, 15) is 9.59 Å². The van der Waals surface area contributed by atoms with Crippen LogP contribution in [0.1, 0.15) is 37.7 Å². The van der Waals surface area contributed by atoms with Gasteiger partial charge >= 0.3 is 5.97 Å². The van der Waals surface area contributed by atoms with E-state index in [1.165, 1.54) is 20.0 Å². The molecule has 2 N–H and O–H groups in total. The van der Waals surface area contributed by atoms with E-state index < -0.39 is 0 Å². The second-order valence-corrected chi connectivity index (χ2v) is 6.05. The van der Waals surface area contributed by atoms with Gasteiger partial charge < -0.3 is 15.4 Å². The zero-order valence-corrected chi connectivity index (χ0v) is 15.0. The first kappa shape index (κ1) is 20.5. The predicted octanol–water partition coefficient (Wildman–Crippen LogP) is 2.93. The number of nitrogens with one attached hydrogen (secondary N) is 2. The Kier molecular flexibility index (Phi) is 9.42. The highest BCUT2D eigenvalue weighted by molar-refractivity contribution is 5.90. The SMILES string of the molecule is COC(=O)CCc1ccc(NC(=O)CCC2CCNCC2)cc1.Cl. The largest absolute Gasteiger partial charge is 0.469 e. The normalized spacial score (nSPS) is 14.5. The Morgan fingerprint density at radius 1 is 1.17 bits per heavy atom. The van der Waals surface area contributed by atoms with Crippen LogP contribution in [0.15, 0.2) is 24.3 Å². The number of halogens is 1. The van der Waals surface area contributed by atoms with E-state index in [4.69, 9.17) is 0 Å². The molecular weight excluding hydrogens is 328 g/mol. The fraction of sp³-hybridized carbons (Fsp3) is 0.556. The summed E-state index contributed by atoms with van der Waals surface area (Å²) in [6.45, 7) is 2.14. The lowest BCUT2D eigenvalue weighted by molar-refractivity contribution is -0.140. The molecule has 1 aliphatic heterocycles. The van der Waals surface area contributed by atoms with Crippen LogP contribution in [0.5, 0.6) is 0 Å². The molecule has 0 bridgehead atoms. The average Bonchev–Trinajstić information content (AvgIpc) is 2.60. The number of amides is 1. The summed E-state index contributed by atoms with van der Waals surface area (Å²) in [5.41, 5.74) is 1.87. The van der Waals surface area contributed by atoms with Gasteiger partial charge in [0.15, 0.2) is 0 Å². The second kappa shape index (κ2) is 11.0. The van der Waals surface area contributed by atoms with Crippen LogP contribution in [-0.4, -0.2) is 32.1 Å². The average molecular weight is 355 g/mol. The fourth-order valence-electron chi connectivity index (χ4n) is 2.83. The lowest BCUT2D eigenvalue weighted by Gasteiger charge is -2.22. The van der Waals surface area contributed by atoms with Crippen molar-refractivity contribution in [2.24, 2.45) is 5.92 Å². The zero-order chi connectivity index (χ0) is 16.5. The third-order valence-electron chi connectivity index (χ3n) is 4.32. The molecule has 0 atom stereocenters. The topological polar surface area (TPSA) is 67.4 Å². The van der Waals surface area contributed by atoms with Crippen LogP contribution in [0.25, 0.3) is 0 Å². The van der Waals surface area contributed by atoms with Gasteiger partial charge in [-0.15, -0.1) is 12.4 Å². The highest BCUT2D eigenvalue weighted by Crippen LogP contribution is 2.18. The first-order chi connectivity index (χ1) is 11.2. The molecule has 1 heterocycles. The van der Waals surface area contributed by atoms with Crippen molar-refractivity contribution in [2.75, 3.05) is 25.5 Å². The number of piperidine rings is 1. The van der Waals surface area contributed by atoms with Crippen LogP contribution < -0.4 is 10.6 Å². The molecule has 0 aliphatic carbocycles. The van der Waals surface area contributed by atoms with Gasteiger partial charge in [0.1, 0.15) is 0 Å². The van der Waals surface area contributed by atoms with Gasteiger partial charge in [-0.2, -0.15) is 0 Å². The Morgan fingerprint density at radius 3 is 2.46 bits per heavy atom. The Morgan fingerprint density at radius 2 is 1.83 bits per heavy atom. The Hall–Kier alpha value is -1.59. The lowest BCUT2D eigenvalue weighted by Crippen LogP contribution is -2.28. The van der Waals surface area contributed by atoms with Crippen LogP contribution in [-0.2, 0) is 20.7 Å². The lowest BCUT2D eigenvalue weighted by atomic mass is 9.93. The summed E-state index contributed by atoms with van der Waals surface area (Å²) in [6, 6.07) is 7.64. The summed E-state index contributed by atoms with van der Waals surface area (Å²) in [4.78, 5) is 23.1. The van der Waals surface area contributed by atoms with E-state index in [1.807, 2.05) is 24.3 Å². The Bertz CT molecular complexity index is 514. The number of hydrogen-bond acceptors (Lipinski definition) is 4. The highest BCUT2D eigenvalue weighted by atomic mass is 35.5. The first-order valence-corrected chi connectivity index (χ1v) is 8.33. The monoisotopic (exact) mass is 354 g/mol. The smallest absolute Gasteiger partial charge is 0.305 e. The number of hydrogen-bond donors (Lipinski definition) is 2. The van der Waals surface area contributed by atoms with Gasteiger partial charge in [-0.25, -0.2) is 0 Å². The van der Waals surface area contributed by atoms with Gasteiger partial charge in [0.05, 0.1) is 7.11 Å². The summed E-state index contributed by atoms with van der Waals surface area (Å²) in [5.74, 6) is 0.536. The van der Waals surface area contributed by atoms with Crippen LogP contribution in [0.4, 0.5) is 5.69 Å². The second-order valence-electron chi connectivity index (χ2n) is 6.05. The number of carbonyl (C=O) groups is 2. The summed E-state index contributed by atoms with van der Waals surface area (Å²) < 4.78 is 4.63. The molecule has 1 aliphatic rings. The number of carbonyl (C=O) groups excluding carboxylic acids is 2. The van der Waals surface area contributed by atoms with Crippen LogP contribution in [0.3, 0.4) is 0 Å². The Balaban J connectivity index is 0.00000288. The maximum atomic E-state index is 12.0. The number of anilines is 1. The van der Waals surface area contributed by atoms with Crippen molar-refractivity contribution >= 4 is 30.0 Å². The van der Waals surface area contributed by atoms with E-state index in [1.54, 1.807) is 0 Å². The molecule has 24 heavy (non-hydrogen) atoms. The molecule has 134 valence electrons. The highest BCUT2D eigenvalue weighted by Gasteiger charge is 2.14. The van der Waals surface area contributed by atoms with Crippen molar-refractivity contribution in [2.45, 2.75) is 38.5 Å². The van der Waals surface area contributed by atoms with Gasteiger partial charge in [-0.3, -0.25) is 9.59 Å². The van der Waals surface area contributed by atoms with Gasteiger partial charge in [0, 0.05) is 18.5 Å². The summed E-state index contributed by atoms with van der Waals surface area (Å²) >= 11 is 0. The zero-order valence-electron chi connectivity index (χ0n) is 14.2. The first-order valence-electron chi connectivity index (χ1n) is 8.33. The van der Waals surface area contributed by atoms with E-state index >= 15 is 0 Å². The minimum atomic E-state index is -0.208. The number of methoxy groups -OCH3 is 1. The molecule has 0 aromatic heterocycles. The molecule has 0 spiro atoms. The van der Waals surface area contributed by atoms with Crippen molar-refractivity contribution in [1.82, 2.24) is 5.32 Å². The molecule has 0 radical (unpaired) electrons. The van der Waals surface area contributed by atoms with Gasteiger partial charge in [0.25, 0.3) is 0 Å². The van der Waals surface area contributed by atoms with Gasteiger partial charge in [0.2, 0.25) is 5.91 Å². The standard InChI is InChI=1S/C18H26N2O3.ClH/c1-23-18(22)9-5-14-2-6-16(7-3-14)20-17(21)8-4-15-10-12-19-13-11-15;/h2-3,6-7,15,19H,4-5,8-13H2,1H3,(H,20,21);1H. The summed E-state index contributed by atoms with van der Waals surface area (Å²) in [6.07, 6.45) is 4.90. The maximum absolute atomic E-state index is 12.0. The van der Waals surface area contributed by atoms with Crippen molar-refractivity contribution < 1.29 is 14.3 Å². The molecule has 6 heteroatoms. The maximum Gasteiger partial charge on any atom is 0.305 e. The summed E-state index contributed by atoms with van der Waals surface area (Å²) in [5, 5.41) is 6.28. The molecule has 0 saturated carbocycles. The molecular formula is C18H27ClN2O3. The molecule has 5 nitrogen and oxygen atoms in total. The number of benzene rings is 1. The van der Waals surface area contributed by atoms with E-state index in [2.05, 4.69) is 15.4 Å². The third-order valence-corrected chi connectivity index (χ3v) is 4.32. The van der Waals surface area contributed by atoms with E-state index in [0.29, 0.717) is 25.2 Å². The van der Waals surface area contributed by atoms with Crippen LogP contribution in [0, 0.1) is 5.92 Å². The van der Waals surface area contributed by atoms with Crippen LogP contribution in [0.2, 0.25) is 0 Å². The minimum absolute atomic E-state index is 0. The number of aryl methyl sites for hydroxylation is 1. The molecule has 1 aromatic carbocycles. The Labute approximate surface area is 149 Å². The summed E-state index contributed by atoms with van der Waals surface area (Å²) in [7, 11) is 1.39. The minimum Gasteiger partial charge on any atom is -0.469 e. The van der Waals surface area contributed by atoms with Gasteiger partial charge in [-0.05, 0) is 62.4 Å². The van der Waals surface area contributed by atoms with Crippen molar-refractivity contribution in [1.29, 1.82) is 0 Å². The van der Waals surface area contributed by atoms with Crippen molar-refractivity contribution in [3.8, 4) is 0 Å². The predicted molar refractivity (Wildman–Crippen MR) is 97.5 cm³/mol. The molecule has 1 aromatic rings. The quantitative estimate of drug-likeness (QED) is 0.739. The van der Waals surface area contributed by atoms with Gasteiger partial charge in [-0.1, -0.05) is 12.1 Å². The fourth-order valence-corrected chi connectivity index (χ4v) is 2.83.